The number of rotatable bonds is 2. The Bertz CT molecular complexity index is 244. The van der Waals surface area contributed by atoms with E-state index in [0.29, 0.717) is 6.54 Å². The Kier molecular flexibility index (Phi) is 3.43. The summed E-state index contributed by atoms with van der Waals surface area (Å²) in [5, 5.41) is 14.9. The maximum absolute atomic E-state index is 10.8. The summed E-state index contributed by atoms with van der Waals surface area (Å²) in [6.07, 6.45) is -0.971. The average molecular weight is 201 g/mol. The summed E-state index contributed by atoms with van der Waals surface area (Å²) in [7, 11) is 0. The Morgan fingerprint density at radius 2 is 2.21 bits per heavy atom. The van der Waals surface area contributed by atoms with Gasteiger partial charge in [-0.3, -0.25) is 14.9 Å². The van der Waals surface area contributed by atoms with Crippen LogP contribution in [-0.4, -0.2) is 35.7 Å². The zero-order valence-electron chi connectivity index (χ0n) is 7.99. The zero-order valence-corrected chi connectivity index (χ0v) is 7.99. The van der Waals surface area contributed by atoms with E-state index in [1.54, 1.807) is 0 Å². The third-order valence-corrected chi connectivity index (χ3v) is 2.26. The Hall–Kier alpha value is -1.14. The van der Waals surface area contributed by atoms with Crippen LogP contribution in [0.3, 0.4) is 0 Å². The molecule has 6 heteroatoms. The molecular formula is C8H15N3O3. The number of carbonyl (C=O) groups excluding carboxylic acids is 2. The molecule has 1 saturated heterocycles. The molecule has 1 aliphatic rings. The molecule has 0 aromatic rings. The van der Waals surface area contributed by atoms with Crippen molar-refractivity contribution in [3.05, 3.63) is 0 Å². The van der Waals surface area contributed by atoms with E-state index in [9.17, 15) is 14.7 Å². The van der Waals surface area contributed by atoms with Crippen LogP contribution in [0.2, 0.25) is 0 Å². The van der Waals surface area contributed by atoms with Crippen LogP contribution in [0.1, 0.15) is 13.3 Å². The lowest BCUT2D eigenvalue weighted by Gasteiger charge is -2.32. The number of piperidine rings is 1. The van der Waals surface area contributed by atoms with E-state index in [1.807, 2.05) is 0 Å². The minimum Gasteiger partial charge on any atom is -0.390 e. The van der Waals surface area contributed by atoms with Crippen molar-refractivity contribution < 1.29 is 14.7 Å². The monoisotopic (exact) mass is 201 g/mol. The van der Waals surface area contributed by atoms with Gasteiger partial charge in [-0.15, -0.1) is 0 Å². The molecular weight excluding hydrogens is 186 g/mol. The summed E-state index contributed by atoms with van der Waals surface area (Å²) >= 11 is 0. The van der Waals surface area contributed by atoms with Crippen LogP contribution >= 0.6 is 0 Å². The largest absolute Gasteiger partial charge is 0.390 e. The van der Waals surface area contributed by atoms with Crippen LogP contribution < -0.4 is 16.4 Å². The molecule has 2 amide bonds. The molecule has 80 valence electrons. The SMILES string of the molecule is CC(=O)N[C@H]1NC[C@H](C(N)=O)C[C@@H]1O. The lowest BCUT2D eigenvalue weighted by molar-refractivity contribution is -0.125. The van der Waals surface area contributed by atoms with Crippen LogP contribution in [-0.2, 0) is 9.59 Å². The highest BCUT2D eigenvalue weighted by Gasteiger charge is 2.31. The standard InChI is InChI=1S/C8H15N3O3/c1-4(12)11-8-6(13)2-5(3-10-8)7(9)14/h5-6,8,10,13H,2-3H2,1H3,(H2,9,14)(H,11,12)/t5-,6+,8-/m1/s1. The lowest BCUT2D eigenvalue weighted by Crippen LogP contribution is -2.59. The van der Waals surface area contributed by atoms with Crippen molar-refractivity contribution in [1.29, 1.82) is 0 Å². The van der Waals surface area contributed by atoms with Gasteiger partial charge in [0.2, 0.25) is 11.8 Å². The van der Waals surface area contributed by atoms with Gasteiger partial charge in [0.15, 0.2) is 0 Å². The summed E-state index contributed by atoms with van der Waals surface area (Å²) < 4.78 is 0. The molecule has 1 fully saturated rings. The molecule has 14 heavy (non-hydrogen) atoms. The highest BCUT2D eigenvalue weighted by Crippen LogP contribution is 2.13. The summed E-state index contributed by atoms with van der Waals surface area (Å²) in [5.41, 5.74) is 5.10. The average Bonchev–Trinajstić information content (AvgIpc) is 2.07. The van der Waals surface area contributed by atoms with E-state index in [-0.39, 0.29) is 18.2 Å². The molecule has 0 spiro atoms. The molecule has 0 radical (unpaired) electrons. The second-order valence-corrected chi connectivity index (χ2v) is 3.49. The van der Waals surface area contributed by atoms with Crippen LogP contribution in [0.4, 0.5) is 0 Å². The summed E-state index contributed by atoms with van der Waals surface area (Å²) in [5.74, 6) is -1.02. The predicted octanol–water partition coefficient (Wildman–Crippen LogP) is -2.10. The highest BCUT2D eigenvalue weighted by molar-refractivity contribution is 5.77. The highest BCUT2D eigenvalue weighted by atomic mass is 16.3. The second-order valence-electron chi connectivity index (χ2n) is 3.49. The Morgan fingerprint density at radius 3 is 2.64 bits per heavy atom. The molecule has 0 aromatic carbocycles. The van der Waals surface area contributed by atoms with Crippen molar-refractivity contribution >= 4 is 11.8 Å². The van der Waals surface area contributed by atoms with Gasteiger partial charge in [0.25, 0.3) is 0 Å². The summed E-state index contributed by atoms with van der Waals surface area (Å²) in [6, 6.07) is 0. The van der Waals surface area contributed by atoms with Crippen molar-refractivity contribution in [2.75, 3.05) is 6.54 Å². The smallest absolute Gasteiger partial charge is 0.221 e. The summed E-state index contributed by atoms with van der Waals surface area (Å²) in [4.78, 5) is 21.5. The van der Waals surface area contributed by atoms with Gasteiger partial charge in [-0.1, -0.05) is 0 Å². The molecule has 6 nitrogen and oxygen atoms in total. The number of nitrogens with one attached hydrogen (secondary N) is 2. The summed E-state index contributed by atoms with van der Waals surface area (Å²) in [6.45, 7) is 1.76. The Labute approximate surface area is 81.8 Å². The first-order valence-electron chi connectivity index (χ1n) is 4.48. The molecule has 0 bridgehead atoms. The van der Waals surface area contributed by atoms with Crippen LogP contribution in [0, 0.1) is 5.92 Å². The van der Waals surface area contributed by atoms with E-state index >= 15 is 0 Å². The van der Waals surface area contributed by atoms with Crippen molar-refractivity contribution in [2.24, 2.45) is 11.7 Å². The van der Waals surface area contributed by atoms with Crippen molar-refractivity contribution in [3.63, 3.8) is 0 Å². The van der Waals surface area contributed by atoms with Gasteiger partial charge in [0, 0.05) is 13.5 Å². The predicted molar refractivity (Wildman–Crippen MR) is 48.9 cm³/mol. The molecule has 3 atom stereocenters. The minimum absolute atomic E-state index is 0.223. The van der Waals surface area contributed by atoms with Gasteiger partial charge < -0.3 is 16.2 Å². The third-order valence-electron chi connectivity index (χ3n) is 2.26. The van der Waals surface area contributed by atoms with Crippen molar-refractivity contribution in [3.8, 4) is 0 Å². The van der Waals surface area contributed by atoms with E-state index in [4.69, 9.17) is 5.73 Å². The maximum Gasteiger partial charge on any atom is 0.221 e. The van der Waals surface area contributed by atoms with E-state index in [2.05, 4.69) is 10.6 Å². The number of amides is 2. The third kappa shape index (κ3) is 2.68. The fraction of sp³-hybridized carbons (Fsp3) is 0.750. The Morgan fingerprint density at radius 1 is 1.57 bits per heavy atom. The van der Waals surface area contributed by atoms with Crippen LogP contribution in [0.15, 0.2) is 0 Å². The van der Waals surface area contributed by atoms with Crippen LogP contribution in [0.25, 0.3) is 0 Å². The number of hydrogen-bond acceptors (Lipinski definition) is 4. The van der Waals surface area contributed by atoms with E-state index < -0.39 is 18.2 Å². The molecule has 0 aromatic heterocycles. The Balaban J connectivity index is 2.47. The van der Waals surface area contributed by atoms with Gasteiger partial charge in [0.1, 0.15) is 6.17 Å². The molecule has 0 saturated carbocycles. The van der Waals surface area contributed by atoms with Gasteiger partial charge in [-0.25, -0.2) is 0 Å². The first kappa shape index (κ1) is 10.9. The number of hydrogen-bond donors (Lipinski definition) is 4. The number of aliphatic hydroxyl groups is 1. The fourth-order valence-corrected chi connectivity index (χ4v) is 1.50. The molecule has 5 N–H and O–H groups in total. The molecule has 1 aliphatic heterocycles. The molecule has 1 heterocycles. The van der Waals surface area contributed by atoms with Gasteiger partial charge in [-0.05, 0) is 6.42 Å². The fourth-order valence-electron chi connectivity index (χ4n) is 1.50. The molecule has 1 rings (SSSR count). The van der Waals surface area contributed by atoms with E-state index in [1.165, 1.54) is 6.92 Å². The van der Waals surface area contributed by atoms with E-state index in [0.717, 1.165) is 0 Å². The zero-order chi connectivity index (χ0) is 10.7. The maximum atomic E-state index is 10.8. The second kappa shape index (κ2) is 4.39. The number of carbonyl (C=O) groups is 2. The number of primary amides is 1. The minimum atomic E-state index is -0.773. The molecule has 0 aliphatic carbocycles. The van der Waals surface area contributed by atoms with Gasteiger partial charge >= 0.3 is 0 Å². The number of aliphatic hydroxyl groups excluding tert-OH is 1. The molecule has 0 unspecified atom stereocenters. The first-order valence-corrected chi connectivity index (χ1v) is 4.48. The lowest BCUT2D eigenvalue weighted by atomic mass is 9.95. The van der Waals surface area contributed by atoms with Gasteiger partial charge in [0.05, 0.1) is 12.0 Å². The van der Waals surface area contributed by atoms with Crippen LogP contribution in [0.5, 0.6) is 0 Å². The van der Waals surface area contributed by atoms with Gasteiger partial charge in [-0.2, -0.15) is 0 Å². The topological polar surface area (TPSA) is 104 Å². The first-order chi connectivity index (χ1) is 6.50. The normalized spacial score (nSPS) is 32.3. The quantitative estimate of drug-likeness (QED) is 0.411. The number of nitrogens with two attached hydrogens (primary N) is 1. The van der Waals surface area contributed by atoms with Crippen molar-refractivity contribution in [2.45, 2.75) is 25.6 Å². The van der Waals surface area contributed by atoms with Crippen molar-refractivity contribution in [1.82, 2.24) is 10.6 Å².